The fourth-order valence-electron chi connectivity index (χ4n) is 3.54. The zero-order valence-corrected chi connectivity index (χ0v) is 15.8. The highest BCUT2D eigenvalue weighted by molar-refractivity contribution is 6.30. The van der Waals surface area contributed by atoms with Crippen molar-refractivity contribution < 1.29 is 5.11 Å². The van der Waals surface area contributed by atoms with Gasteiger partial charge < -0.3 is 10.0 Å². The number of benzene rings is 2. The number of halogens is 1. The number of nitrogens with zero attached hydrogens (tertiary/aromatic N) is 1. The van der Waals surface area contributed by atoms with Crippen LogP contribution in [0.3, 0.4) is 0 Å². The van der Waals surface area contributed by atoms with Crippen LogP contribution in [0.5, 0.6) is 0 Å². The average molecular weight is 358 g/mol. The zero-order valence-electron chi connectivity index (χ0n) is 15.0. The number of likely N-dealkylation sites (tertiary alicyclic amines) is 1. The molecular weight excluding hydrogens is 330 g/mol. The minimum absolute atomic E-state index is 0.747. The lowest BCUT2D eigenvalue weighted by Gasteiger charge is -2.28. The quantitative estimate of drug-likeness (QED) is 0.765. The first-order chi connectivity index (χ1) is 12.0. The maximum Gasteiger partial charge on any atom is 0.0880 e. The molecule has 134 valence electrons. The van der Waals surface area contributed by atoms with Gasteiger partial charge >= 0.3 is 0 Å². The average Bonchev–Trinajstić information content (AvgIpc) is 2.90. The summed E-state index contributed by atoms with van der Waals surface area (Å²) in [6, 6.07) is 16.1. The van der Waals surface area contributed by atoms with Crippen molar-refractivity contribution in [1.82, 2.24) is 4.90 Å². The third kappa shape index (κ3) is 5.07. The third-order valence-corrected chi connectivity index (χ3v) is 5.55. The van der Waals surface area contributed by atoms with Crippen LogP contribution in [0.15, 0.2) is 48.5 Å². The van der Waals surface area contributed by atoms with Gasteiger partial charge in [0.25, 0.3) is 0 Å². The second-order valence-corrected chi connectivity index (χ2v) is 7.80. The molecule has 0 spiro atoms. The molecule has 0 saturated carbocycles. The SMILES string of the molecule is CC(O)(CCN1CCCCCC1)c1ccc(-c2ccc(Cl)cc2)cc1. The summed E-state index contributed by atoms with van der Waals surface area (Å²) < 4.78 is 0. The van der Waals surface area contributed by atoms with Gasteiger partial charge in [-0.05, 0) is 68.1 Å². The van der Waals surface area contributed by atoms with Gasteiger partial charge in [0.15, 0.2) is 0 Å². The van der Waals surface area contributed by atoms with E-state index in [1.165, 1.54) is 38.8 Å². The van der Waals surface area contributed by atoms with Crippen molar-refractivity contribution in [3.8, 4) is 11.1 Å². The first kappa shape index (κ1) is 18.4. The first-order valence-corrected chi connectivity index (χ1v) is 9.74. The van der Waals surface area contributed by atoms with Gasteiger partial charge in [0, 0.05) is 11.6 Å². The smallest absolute Gasteiger partial charge is 0.0880 e. The van der Waals surface area contributed by atoms with Crippen molar-refractivity contribution in [2.75, 3.05) is 19.6 Å². The predicted octanol–water partition coefficient (Wildman–Crippen LogP) is 5.48. The predicted molar refractivity (Wildman–Crippen MR) is 106 cm³/mol. The summed E-state index contributed by atoms with van der Waals surface area (Å²) in [6.07, 6.45) is 6.04. The lowest BCUT2D eigenvalue weighted by Crippen LogP contribution is -2.32. The van der Waals surface area contributed by atoms with Crippen molar-refractivity contribution in [1.29, 1.82) is 0 Å². The second-order valence-electron chi connectivity index (χ2n) is 7.36. The summed E-state index contributed by atoms with van der Waals surface area (Å²) in [4.78, 5) is 2.50. The van der Waals surface area contributed by atoms with Crippen LogP contribution in [-0.2, 0) is 5.60 Å². The molecule has 1 aliphatic heterocycles. The highest BCUT2D eigenvalue weighted by Gasteiger charge is 2.24. The highest BCUT2D eigenvalue weighted by atomic mass is 35.5. The van der Waals surface area contributed by atoms with Crippen LogP contribution in [0.4, 0.5) is 0 Å². The molecule has 0 radical (unpaired) electrons. The molecule has 3 rings (SSSR count). The van der Waals surface area contributed by atoms with Gasteiger partial charge in [0.05, 0.1) is 5.60 Å². The van der Waals surface area contributed by atoms with Crippen molar-refractivity contribution in [2.24, 2.45) is 0 Å². The van der Waals surface area contributed by atoms with Crippen LogP contribution in [0, 0.1) is 0 Å². The molecule has 2 aromatic carbocycles. The second kappa shape index (κ2) is 8.35. The van der Waals surface area contributed by atoms with Gasteiger partial charge in [-0.1, -0.05) is 60.8 Å². The van der Waals surface area contributed by atoms with Gasteiger partial charge in [-0.2, -0.15) is 0 Å². The summed E-state index contributed by atoms with van der Waals surface area (Å²) >= 11 is 5.96. The van der Waals surface area contributed by atoms with E-state index >= 15 is 0 Å². The lowest BCUT2D eigenvalue weighted by molar-refractivity contribution is 0.0362. The van der Waals surface area contributed by atoms with E-state index in [0.29, 0.717) is 0 Å². The molecule has 3 heteroatoms. The molecule has 25 heavy (non-hydrogen) atoms. The van der Waals surface area contributed by atoms with E-state index in [4.69, 9.17) is 11.6 Å². The fourth-order valence-corrected chi connectivity index (χ4v) is 3.67. The molecule has 0 bridgehead atoms. The molecule has 0 aliphatic carbocycles. The molecule has 2 nitrogen and oxygen atoms in total. The van der Waals surface area contributed by atoms with Crippen LogP contribution < -0.4 is 0 Å². The molecule has 1 atom stereocenters. The van der Waals surface area contributed by atoms with Crippen molar-refractivity contribution >= 4 is 11.6 Å². The molecule has 1 aliphatic rings. The number of rotatable bonds is 5. The van der Waals surface area contributed by atoms with Gasteiger partial charge in [-0.25, -0.2) is 0 Å². The molecule has 1 saturated heterocycles. The Bertz CT molecular complexity index is 655. The van der Waals surface area contributed by atoms with E-state index < -0.39 is 5.60 Å². The zero-order chi connectivity index (χ0) is 17.7. The van der Waals surface area contributed by atoms with Gasteiger partial charge in [-0.3, -0.25) is 0 Å². The first-order valence-electron chi connectivity index (χ1n) is 9.36. The minimum Gasteiger partial charge on any atom is -0.385 e. The molecule has 0 aromatic heterocycles. The van der Waals surface area contributed by atoms with E-state index in [-0.39, 0.29) is 0 Å². The summed E-state index contributed by atoms with van der Waals surface area (Å²) in [5.41, 5.74) is 2.48. The standard InChI is InChI=1S/C22H28ClNO/c1-22(25,14-17-24-15-4-2-3-5-16-24)20-10-6-18(7-11-20)19-8-12-21(23)13-9-19/h6-13,25H,2-5,14-17H2,1H3. The Kier molecular flexibility index (Phi) is 6.16. The number of hydrogen-bond donors (Lipinski definition) is 1. The Morgan fingerprint density at radius 1 is 0.880 bits per heavy atom. The molecular formula is C22H28ClNO. The van der Waals surface area contributed by atoms with Gasteiger partial charge in [0.2, 0.25) is 0 Å². The van der Waals surface area contributed by atoms with Crippen molar-refractivity contribution in [2.45, 2.75) is 44.6 Å². The van der Waals surface area contributed by atoms with E-state index in [0.717, 1.165) is 34.7 Å². The Morgan fingerprint density at radius 2 is 1.40 bits per heavy atom. The van der Waals surface area contributed by atoms with Crippen LogP contribution >= 0.6 is 11.6 Å². The summed E-state index contributed by atoms with van der Waals surface area (Å²) in [6.45, 7) is 5.24. The lowest BCUT2D eigenvalue weighted by atomic mass is 9.90. The summed E-state index contributed by atoms with van der Waals surface area (Å²) in [5.74, 6) is 0. The van der Waals surface area contributed by atoms with Crippen molar-refractivity contribution in [3.05, 3.63) is 59.1 Å². The maximum atomic E-state index is 10.9. The van der Waals surface area contributed by atoms with Crippen LogP contribution in [0.1, 0.15) is 44.6 Å². The van der Waals surface area contributed by atoms with E-state index in [2.05, 4.69) is 17.0 Å². The third-order valence-electron chi connectivity index (χ3n) is 5.30. The molecule has 1 fully saturated rings. The summed E-state index contributed by atoms with van der Waals surface area (Å²) in [7, 11) is 0. The topological polar surface area (TPSA) is 23.5 Å². The van der Waals surface area contributed by atoms with Crippen LogP contribution in [0.25, 0.3) is 11.1 Å². The fraction of sp³-hybridized carbons (Fsp3) is 0.455. The Labute approximate surface area is 156 Å². The Hall–Kier alpha value is -1.35. The number of aliphatic hydroxyl groups is 1. The molecule has 1 N–H and O–H groups in total. The summed E-state index contributed by atoms with van der Waals surface area (Å²) in [5, 5.41) is 11.7. The molecule has 2 aromatic rings. The monoisotopic (exact) mass is 357 g/mol. The molecule has 0 amide bonds. The Balaban J connectivity index is 1.64. The maximum absolute atomic E-state index is 10.9. The number of hydrogen-bond acceptors (Lipinski definition) is 2. The Morgan fingerprint density at radius 3 is 1.96 bits per heavy atom. The van der Waals surface area contributed by atoms with E-state index in [9.17, 15) is 5.11 Å². The normalized spacial score (nSPS) is 18.5. The van der Waals surface area contributed by atoms with Crippen LogP contribution in [0.2, 0.25) is 5.02 Å². The minimum atomic E-state index is -0.787. The van der Waals surface area contributed by atoms with Crippen molar-refractivity contribution in [3.63, 3.8) is 0 Å². The molecule has 1 unspecified atom stereocenters. The van der Waals surface area contributed by atoms with E-state index in [1.54, 1.807) is 0 Å². The van der Waals surface area contributed by atoms with Crippen LogP contribution in [-0.4, -0.2) is 29.6 Å². The molecule has 1 heterocycles. The highest BCUT2D eigenvalue weighted by Crippen LogP contribution is 2.28. The van der Waals surface area contributed by atoms with Gasteiger partial charge in [-0.15, -0.1) is 0 Å². The largest absolute Gasteiger partial charge is 0.385 e. The van der Waals surface area contributed by atoms with Gasteiger partial charge in [0.1, 0.15) is 0 Å². The van der Waals surface area contributed by atoms with E-state index in [1.807, 2.05) is 43.3 Å².